The Bertz CT molecular complexity index is 1370. The average molecular weight is 524 g/mol. The molecule has 0 amide bonds. The second kappa shape index (κ2) is 10.6. The van der Waals surface area contributed by atoms with Gasteiger partial charge in [0.15, 0.2) is 15.6 Å². The molecule has 194 valence electrons. The highest BCUT2D eigenvalue weighted by Gasteiger charge is 2.43. The van der Waals surface area contributed by atoms with Crippen LogP contribution in [0.5, 0.6) is 5.88 Å². The first-order valence-corrected chi connectivity index (χ1v) is 14.2. The summed E-state index contributed by atoms with van der Waals surface area (Å²) in [4.78, 5) is 35.8. The summed E-state index contributed by atoms with van der Waals surface area (Å²) in [6.45, 7) is 3.21. The molecule has 4 heterocycles. The molecule has 1 aliphatic heterocycles. The van der Waals surface area contributed by atoms with E-state index in [1.54, 1.807) is 30.9 Å². The highest BCUT2D eigenvalue weighted by molar-refractivity contribution is 7.91. The maximum atomic E-state index is 13.8. The van der Waals surface area contributed by atoms with Crippen molar-refractivity contribution in [2.24, 2.45) is 0 Å². The van der Waals surface area contributed by atoms with Crippen LogP contribution in [0.15, 0.2) is 43.1 Å². The number of Topliss-reactive ketones (excluding diaryl/α,β-unsaturated/α-hetero) is 1. The Hall–Kier alpha value is -3.31. The van der Waals surface area contributed by atoms with Gasteiger partial charge in [-0.2, -0.15) is 0 Å². The highest BCUT2D eigenvalue weighted by Crippen LogP contribution is 2.36. The minimum absolute atomic E-state index is 0.0364. The molecule has 0 unspecified atom stereocenters. The predicted octanol–water partition coefficient (Wildman–Crippen LogP) is 2.66. The smallest absolute Gasteiger partial charge is 0.232 e. The van der Waals surface area contributed by atoms with Gasteiger partial charge in [0.2, 0.25) is 5.88 Å². The maximum absolute atomic E-state index is 13.8. The fourth-order valence-corrected chi connectivity index (χ4v) is 6.22. The molecular formula is C26H29N5O5S. The van der Waals surface area contributed by atoms with Gasteiger partial charge in [-0.3, -0.25) is 24.7 Å². The minimum atomic E-state index is -3.25. The molecule has 1 aliphatic carbocycles. The Balaban J connectivity index is 1.36. The van der Waals surface area contributed by atoms with E-state index in [2.05, 4.69) is 24.9 Å². The zero-order valence-electron chi connectivity index (χ0n) is 20.7. The number of ether oxygens (including phenoxy) is 2. The van der Waals surface area contributed by atoms with Crippen molar-refractivity contribution in [1.82, 2.24) is 24.9 Å². The minimum Gasteiger partial charge on any atom is -0.477 e. The molecule has 0 N–H and O–H groups in total. The number of hydrogen-bond donors (Lipinski definition) is 0. The average Bonchev–Trinajstić information content (AvgIpc) is 3.77. The van der Waals surface area contributed by atoms with Gasteiger partial charge in [0.05, 0.1) is 52.5 Å². The van der Waals surface area contributed by atoms with Crippen molar-refractivity contribution in [1.29, 1.82) is 0 Å². The monoisotopic (exact) mass is 523 g/mol. The molecule has 2 fully saturated rings. The Morgan fingerprint density at radius 2 is 1.81 bits per heavy atom. The molecule has 1 saturated carbocycles. The number of sulfone groups is 1. The molecule has 0 aromatic carbocycles. The Morgan fingerprint density at radius 3 is 2.51 bits per heavy atom. The lowest BCUT2D eigenvalue weighted by Gasteiger charge is -2.35. The molecule has 0 bridgehead atoms. The van der Waals surface area contributed by atoms with Crippen molar-refractivity contribution < 1.29 is 22.7 Å². The van der Waals surface area contributed by atoms with Gasteiger partial charge in [0.1, 0.15) is 0 Å². The zero-order chi connectivity index (χ0) is 25.9. The maximum Gasteiger partial charge on any atom is 0.232 e. The van der Waals surface area contributed by atoms with Crippen LogP contribution in [0.3, 0.4) is 0 Å². The molecule has 3 aromatic rings. The molecule has 3 aromatic heterocycles. The third-order valence-corrected chi connectivity index (χ3v) is 8.99. The van der Waals surface area contributed by atoms with Crippen LogP contribution in [0.2, 0.25) is 0 Å². The summed E-state index contributed by atoms with van der Waals surface area (Å²) >= 11 is 0. The second-order valence-electron chi connectivity index (χ2n) is 9.41. The Morgan fingerprint density at radius 1 is 1.03 bits per heavy atom. The first kappa shape index (κ1) is 25.3. The van der Waals surface area contributed by atoms with Gasteiger partial charge in [-0.05, 0) is 44.7 Å². The van der Waals surface area contributed by atoms with Crippen molar-refractivity contribution in [2.45, 2.75) is 55.4 Å². The van der Waals surface area contributed by atoms with Gasteiger partial charge >= 0.3 is 0 Å². The van der Waals surface area contributed by atoms with E-state index in [-0.39, 0.29) is 23.2 Å². The van der Waals surface area contributed by atoms with E-state index in [1.807, 2.05) is 13.0 Å². The number of pyridine rings is 1. The lowest BCUT2D eigenvalue weighted by atomic mass is 9.72. The quantitative estimate of drug-likeness (QED) is 0.390. The predicted molar refractivity (Wildman–Crippen MR) is 135 cm³/mol. The van der Waals surface area contributed by atoms with Crippen LogP contribution >= 0.6 is 0 Å². The Labute approximate surface area is 215 Å². The van der Waals surface area contributed by atoms with Gasteiger partial charge < -0.3 is 9.47 Å². The zero-order valence-corrected chi connectivity index (χ0v) is 21.5. The number of rotatable bonds is 10. The lowest BCUT2D eigenvalue weighted by Crippen LogP contribution is -2.43. The summed E-state index contributed by atoms with van der Waals surface area (Å²) in [6, 6.07) is 3.66. The summed E-state index contributed by atoms with van der Waals surface area (Å²) in [6.07, 6.45) is 10.3. The largest absolute Gasteiger partial charge is 0.477 e. The fraction of sp³-hybridized carbons (Fsp3) is 0.462. The van der Waals surface area contributed by atoms with Crippen LogP contribution in [-0.4, -0.2) is 64.2 Å². The fourth-order valence-electron chi connectivity index (χ4n) is 4.57. The topological polar surface area (TPSA) is 134 Å². The molecule has 0 spiro atoms. The Kier molecular flexibility index (Phi) is 7.25. The number of carbonyl (C=O) groups excluding carboxylic acids is 1. The van der Waals surface area contributed by atoms with Crippen molar-refractivity contribution in [3.05, 3.63) is 60.2 Å². The van der Waals surface area contributed by atoms with E-state index < -0.39 is 15.3 Å². The van der Waals surface area contributed by atoms with E-state index in [4.69, 9.17) is 9.47 Å². The van der Waals surface area contributed by atoms with E-state index in [1.165, 1.54) is 6.20 Å². The molecule has 11 heteroatoms. The van der Waals surface area contributed by atoms with E-state index in [0.717, 1.165) is 5.56 Å². The van der Waals surface area contributed by atoms with Crippen LogP contribution in [0, 0.1) is 0 Å². The molecular weight excluding hydrogens is 494 g/mol. The molecule has 5 rings (SSSR count). The molecule has 37 heavy (non-hydrogen) atoms. The van der Waals surface area contributed by atoms with Crippen LogP contribution in [0.1, 0.15) is 49.7 Å². The summed E-state index contributed by atoms with van der Waals surface area (Å²) < 4.78 is 36.0. The van der Waals surface area contributed by atoms with Gasteiger partial charge in [0, 0.05) is 49.5 Å². The van der Waals surface area contributed by atoms with E-state index >= 15 is 0 Å². The normalized spacial score (nSPS) is 17.3. The van der Waals surface area contributed by atoms with Gasteiger partial charge in [-0.25, -0.2) is 13.4 Å². The molecule has 1 saturated heterocycles. The first-order valence-electron chi connectivity index (χ1n) is 12.4. The second-order valence-corrected chi connectivity index (χ2v) is 11.7. The van der Waals surface area contributed by atoms with Crippen molar-refractivity contribution in [3.8, 4) is 17.1 Å². The standard InChI is InChI=1S/C26H29N5O5S/c1-2-36-25-16-28-14-22(31-25)18-3-4-19(29-12-18)11-24(32)26(7-9-35-10-8-26)23-15-27-13-20(30-23)17-37(33,34)21-5-6-21/h3-4,12-16,21H,2,5-11,17H2,1H3. The molecule has 0 radical (unpaired) electrons. The number of hydrogen-bond acceptors (Lipinski definition) is 10. The number of ketones is 1. The van der Waals surface area contributed by atoms with Crippen molar-refractivity contribution >= 4 is 15.6 Å². The molecule has 0 atom stereocenters. The van der Waals surface area contributed by atoms with Crippen molar-refractivity contribution in [3.63, 3.8) is 0 Å². The van der Waals surface area contributed by atoms with Crippen LogP contribution in [-0.2, 0) is 37.0 Å². The third-order valence-electron chi connectivity index (χ3n) is 6.80. The summed E-state index contributed by atoms with van der Waals surface area (Å²) in [5.74, 6) is 0.245. The van der Waals surface area contributed by atoms with Crippen LogP contribution in [0.25, 0.3) is 11.3 Å². The van der Waals surface area contributed by atoms with Crippen LogP contribution < -0.4 is 4.74 Å². The van der Waals surface area contributed by atoms with Crippen molar-refractivity contribution in [2.75, 3.05) is 19.8 Å². The number of nitrogens with zero attached hydrogens (tertiary/aromatic N) is 5. The molecule has 10 nitrogen and oxygen atoms in total. The van der Waals surface area contributed by atoms with Gasteiger partial charge in [-0.1, -0.05) is 0 Å². The van der Waals surface area contributed by atoms with Gasteiger partial charge in [-0.15, -0.1) is 0 Å². The number of aromatic nitrogens is 5. The van der Waals surface area contributed by atoms with Gasteiger partial charge in [0.25, 0.3) is 0 Å². The summed E-state index contributed by atoms with van der Waals surface area (Å²) in [7, 11) is -3.25. The SMILES string of the molecule is CCOc1cncc(-c2ccc(CC(=O)C3(c4cncc(CS(=O)(=O)C5CC5)n4)CCOCC3)nc2)n1. The summed E-state index contributed by atoms with van der Waals surface area (Å²) in [5.41, 5.74) is 1.99. The summed E-state index contributed by atoms with van der Waals surface area (Å²) in [5, 5.41) is -0.279. The van der Waals surface area contributed by atoms with E-state index in [0.29, 0.717) is 74.2 Å². The lowest BCUT2D eigenvalue weighted by molar-refractivity contribution is -0.127. The van der Waals surface area contributed by atoms with E-state index in [9.17, 15) is 13.2 Å². The first-order chi connectivity index (χ1) is 17.9. The number of carbonyl (C=O) groups is 1. The third kappa shape index (κ3) is 5.67. The van der Waals surface area contributed by atoms with Crippen LogP contribution in [0.4, 0.5) is 0 Å². The molecule has 2 aliphatic rings. The highest BCUT2D eigenvalue weighted by atomic mass is 32.2.